The van der Waals surface area contributed by atoms with E-state index in [1.165, 1.54) is 6.07 Å². The van der Waals surface area contributed by atoms with Crippen molar-refractivity contribution in [3.05, 3.63) is 63.8 Å². The topological polar surface area (TPSA) is 88.1 Å². The normalized spacial score (nSPS) is 14.8. The summed E-state index contributed by atoms with van der Waals surface area (Å²) < 4.78 is 28.3. The molecule has 1 aliphatic heterocycles. The fourth-order valence-electron chi connectivity index (χ4n) is 4.15. The number of ketones is 1. The average Bonchev–Trinajstić information content (AvgIpc) is 3.16. The first-order valence-corrected chi connectivity index (χ1v) is 10.6. The van der Waals surface area contributed by atoms with E-state index in [1.54, 1.807) is 21.7 Å². The Hall–Kier alpha value is -3.36. The molecule has 1 fully saturated rings. The molecule has 32 heavy (non-hydrogen) atoms. The molecule has 0 saturated carbocycles. The molecule has 3 aromatic rings. The van der Waals surface area contributed by atoms with Crippen molar-refractivity contribution in [2.45, 2.75) is 32.1 Å². The van der Waals surface area contributed by atoms with E-state index in [0.717, 1.165) is 12.1 Å². The number of nitrogens with one attached hydrogen (secondary N) is 1. The number of carbonyl (C=O) groups is 2. The van der Waals surface area contributed by atoms with Gasteiger partial charge in [-0.1, -0.05) is 0 Å². The van der Waals surface area contributed by atoms with Crippen LogP contribution in [0.1, 0.15) is 41.9 Å². The molecule has 2 aromatic heterocycles. The minimum atomic E-state index is -1.04. The van der Waals surface area contributed by atoms with E-state index in [2.05, 4.69) is 9.97 Å². The number of carbonyl (C=O) groups excluding carboxylic acids is 2. The van der Waals surface area contributed by atoms with Crippen molar-refractivity contribution in [3.63, 3.8) is 0 Å². The number of hydrogen-bond donors (Lipinski definition) is 1. The summed E-state index contributed by atoms with van der Waals surface area (Å²) in [6, 6.07) is 4.90. The van der Waals surface area contributed by atoms with E-state index in [-0.39, 0.29) is 28.7 Å². The molecule has 0 aliphatic carbocycles. The third-order valence-corrected chi connectivity index (χ3v) is 6.01. The van der Waals surface area contributed by atoms with Gasteiger partial charge in [0.05, 0.1) is 5.39 Å². The summed E-state index contributed by atoms with van der Waals surface area (Å²) in [6.07, 6.45) is 4.10. The lowest BCUT2D eigenvalue weighted by Crippen LogP contribution is -2.40. The van der Waals surface area contributed by atoms with E-state index in [9.17, 15) is 23.2 Å². The lowest BCUT2D eigenvalue weighted by Gasteiger charge is -2.31. The van der Waals surface area contributed by atoms with E-state index in [4.69, 9.17) is 0 Å². The largest absolute Gasteiger partial charge is 0.343 e. The van der Waals surface area contributed by atoms with Crippen LogP contribution >= 0.6 is 0 Å². The van der Waals surface area contributed by atoms with E-state index in [0.29, 0.717) is 62.1 Å². The van der Waals surface area contributed by atoms with Gasteiger partial charge >= 0.3 is 0 Å². The first kappa shape index (κ1) is 21.9. The quantitative estimate of drug-likeness (QED) is 0.595. The fourth-order valence-corrected chi connectivity index (χ4v) is 4.15. The van der Waals surface area contributed by atoms with Crippen molar-refractivity contribution in [2.75, 3.05) is 13.1 Å². The SMILES string of the molecule is Cn1ccc2c(=O)[nH]c(CCCC(=O)N3CCC(C(=O)c4ccc(F)c(F)c4)CC3)nc21. The number of halogens is 2. The summed E-state index contributed by atoms with van der Waals surface area (Å²) in [5.41, 5.74) is 0.581. The standard InChI is InChI=1S/C23H24F2N4O3/c1-28-10-9-16-22(28)26-19(27-23(16)32)3-2-4-20(30)29-11-7-14(8-12-29)21(31)15-5-6-17(24)18(25)13-15/h5-6,9-10,13-14H,2-4,7-8,11-12H2,1H3,(H,26,27,32). The third kappa shape index (κ3) is 4.46. The maximum absolute atomic E-state index is 13.4. The predicted molar refractivity (Wildman–Crippen MR) is 114 cm³/mol. The second-order valence-electron chi connectivity index (χ2n) is 8.18. The average molecular weight is 442 g/mol. The van der Waals surface area contributed by atoms with E-state index >= 15 is 0 Å². The smallest absolute Gasteiger partial charge is 0.260 e. The molecular formula is C23H24F2N4O3. The monoisotopic (exact) mass is 442 g/mol. The first-order chi connectivity index (χ1) is 15.3. The number of aromatic amines is 1. The van der Waals surface area contributed by atoms with Crippen LogP contribution in [0.25, 0.3) is 11.0 Å². The molecule has 0 unspecified atom stereocenters. The summed E-state index contributed by atoms with van der Waals surface area (Å²) in [6.45, 7) is 0.895. The van der Waals surface area contributed by atoms with Gasteiger partial charge in [0.1, 0.15) is 11.5 Å². The number of aryl methyl sites for hydroxylation is 2. The number of benzene rings is 1. The highest BCUT2D eigenvalue weighted by molar-refractivity contribution is 5.98. The summed E-state index contributed by atoms with van der Waals surface area (Å²) in [4.78, 5) is 46.2. The molecule has 4 rings (SSSR count). The molecule has 168 valence electrons. The molecule has 1 amide bonds. The molecule has 3 heterocycles. The zero-order valence-electron chi connectivity index (χ0n) is 17.7. The van der Waals surface area contributed by atoms with Crippen LogP contribution in [0.4, 0.5) is 8.78 Å². The molecule has 7 nitrogen and oxygen atoms in total. The second-order valence-corrected chi connectivity index (χ2v) is 8.18. The van der Waals surface area contributed by atoms with Gasteiger partial charge in [0.2, 0.25) is 5.91 Å². The number of rotatable bonds is 6. The van der Waals surface area contributed by atoms with Crippen LogP contribution in [0.5, 0.6) is 0 Å². The van der Waals surface area contributed by atoms with Crippen LogP contribution in [0.3, 0.4) is 0 Å². The highest BCUT2D eigenvalue weighted by Gasteiger charge is 2.28. The summed E-state index contributed by atoms with van der Waals surface area (Å²) >= 11 is 0. The summed E-state index contributed by atoms with van der Waals surface area (Å²) in [5, 5.41) is 0.535. The lowest BCUT2D eigenvalue weighted by atomic mass is 9.88. The van der Waals surface area contributed by atoms with Gasteiger partial charge in [0.25, 0.3) is 5.56 Å². The zero-order chi connectivity index (χ0) is 22.8. The molecule has 1 aliphatic rings. The lowest BCUT2D eigenvalue weighted by molar-refractivity contribution is -0.132. The highest BCUT2D eigenvalue weighted by Crippen LogP contribution is 2.23. The Kier molecular flexibility index (Phi) is 6.16. The minimum Gasteiger partial charge on any atom is -0.343 e. The molecule has 0 atom stereocenters. The molecule has 9 heteroatoms. The fraction of sp³-hybridized carbons (Fsp3) is 0.391. The molecule has 0 spiro atoms. The van der Waals surface area contributed by atoms with Gasteiger partial charge in [0, 0.05) is 50.7 Å². The van der Waals surface area contributed by atoms with E-state index < -0.39 is 11.6 Å². The second kappa shape index (κ2) is 9.02. The maximum Gasteiger partial charge on any atom is 0.260 e. The summed E-state index contributed by atoms with van der Waals surface area (Å²) in [7, 11) is 1.82. The number of nitrogens with zero attached hydrogens (tertiary/aromatic N) is 3. The van der Waals surface area contributed by atoms with Crippen LogP contribution in [-0.2, 0) is 18.3 Å². The minimum absolute atomic E-state index is 0.00832. The van der Waals surface area contributed by atoms with Gasteiger partial charge in [0.15, 0.2) is 17.4 Å². The Balaban J connectivity index is 1.27. The number of H-pyrrole nitrogens is 1. The van der Waals surface area contributed by atoms with Gasteiger partial charge < -0.3 is 14.5 Å². The first-order valence-electron chi connectivity index (χ1n) is 10.6. The van der Waals surface area contributed by atoms with Crippen LogP contribution in [0.2, 0.25) is 0 Å². The molecule has 1 aromatic carbocycles. The number of Topliss-reactive ketones (excluding diaryl/α,β-unsaturated/α-hetero) is 1. The number of fused-ring (bicyclic) bond motifs is 1. The number of amides is 1. The van der Waals surface area contributed by atoms with E-state index in [1.807, 2.05) is 7.05 Å². The number of likely N-dealkylation sites (tertiary alicyclic amines) is 1. The molecule has 1 N–H and O–H groups in total. The van der Waals surface area contributed by atoms with Gasteiger partial charge in [-0.05, 0) is 43.5 Å². The van der Waals surface area contributed by atoms with Gasteiger partial charge in [-0.3, -0.25) is 14.4 Å². The molecule has 0 radical (unpaired) electrons. The van der Waals surface area contributed by atoms with Crippen molar-refractivity contribution >= 4 is 22.7 Å². The Morgan fingerprint density at radius 2 is 1.91 bits per heavy atom. The van der Waals surface area contributed by atoms with Gasteiger partial charge in [-0.25, -0.2) is 13.8 Å². The van der Waals surface area contributed by atoms with Crippen molar-refractivity contribution in [1.82, 2.24) is 19.4 Å². The highest BCUT2D eigenvalue weighted by atomic mass is 19.2. The van der Waals surface area contributed by atoms with Crippen molar-refractivity contribution < 1.29 is 18.4 Å². The van der Waals surface area contributed by atoms with Crippen molar-refractivity contribution in [3.8, 4) is 0 Å². The van der Waals surface area contributed by atoms with Crippen LogP contribution in [0.15, 0.2) is 35.3 Å². The number of piperidine rings is 1. The predicted octanol–water partition coefficient (Wildman–Crippen LogP) is 2.98. The zero-order valence-corrected chi connectivity index (χ0v) is 17.7. The number of hydrogen-bond acceptors (Lipinski definition) is 4. The number of aromatic nitrogens is 3. The Morgan fingerprint density at radius 1 is 1.16 bits per heavy atom. The molecule has 0 bridgehead atoms. The van der Waals surface area contributed by atoms with Gasteiger partial charge in [-0.15, -0.1) is 0 Å². The molecular weight excluding hydrogens is 418 g/mol. The van der Waals surface area contributed by atoms with Crippen LogP contribution in [0, 0.1) is 17.6 Å². The summed E-state index contributed by atoms with van der Waals surface area (Å²) in [5.74, 6) is -2.01. The third-order valence-electron chi connectivity index (χ3n) is 6.01. The Labute approximate surface area is 183 Å². The van der Waals surface area contributed by atoms with Crippen LogP contribution < -0.4 is 5.56 Å². The van der Waals surface area contributed by atoms with Gasteiger partial charge in [-0.2, -0.15) is 0 Å². The van der Waals surface area contributed by atoms with Crippen molar-refractivity contribution in [2.24, 2.45) is 13.0 Å². The maximum atomic E-state index is 13.4. The molecule has 1 saturated heterocycles. The van der Waals surface area contributed by atoms with Crippen molar-refractivity contribution in [1.29, 1.82) is 0 Å². The van der Waals surface area contributed by atoms with Crippen LogP contribution in [-0.4, -0.2) is 44.2 Å². The Bertz CT molecular complexity index is 1230. The Morgan fingerprint density at radius 3 is 2.62 bits per heavy atom.